The number of likely N-dealkylation sites (N-methyl/N-ethyl adjacent to an activating group) is 1. The average Bonchev–Trinajstić information content (AvgIpc) is 2.64. The number of hydrogen-bond donors (Lipinski definition) is 1. The molecule has 1 aliphatic rings. The summed E-state index contributed by atoms with van der Waals surface area (Å²) in [6, 6.07) is 19.3. The van der Waals surface area contributed by atoms with Gasteiger partial charge in [0.15, 0.2) is 0 Å². The summed E-state index contributed by atoms with van der Waals surface area (Å²) in [7, 11) is 0. The Balaban J connectivity index is 1.96. The molecule has 3 heteroatoms. The normalized spacial score (nSPS) is 19.6. The summed E-state index contributed by atoms with van der Waals surface area (Å²) in [5.74, 6) is 0.468. The number of nitrogens with zero attached hydrogens (tertiary/aromatic N) is 1. The minimum atomic E-state index is 0.0391. The molecule has 0 aliphatic heterocycles. The third-order valence-electron chi connectivity index (χ3n) is 5.12. The molecule has 3 rings (SSSR count). The van der Waals surface area contributed by atoms with Gasteiger partial charge in [0.05, 0.1) is 12.6 Å². The number of benzene rings is 2. The molecule has 0 radical (unpaired) electrons. The summed E-state index contributed by atoms with van der Waals surface area (Å²) in [6.45, 7) is 2.81. The van der Waals surface area contributed by atoms with Crippen LogP contribution in [0.15, 0.2) is 54.6 Å². The van der Waals surface area contributed by atoms with Crippen molar-refractivity contribution in [1.82, 2.24) is 4.90 Å². The van der Waals surface area contributed by atoms with Crippen molar-refractivity contribution in [2.24, 2.45) is 11.7 Å². The highest BCUT2D eigenvalue weighted by molar-refractivity contribution is 5.78. The smallest absolute Gasteiger partial charge is 0.236 e. The number of amides is 1. The van der Waals surface area contributed by atoms with Crippen LogP contribution in [0.3, 0.4) is 0 Å². The summed E-state index contributed by atoms with van der Waals surface area (Å²) in [6.07, 6.45) is 3.18. The van der Waals surface area contributed by atoms with E-state index in [0.717, 1.165) is 19.3 Å². The maximum atomic E-state index is 12.5. The van der Waals surface area contributed by atoms with Gasteiger partial charge in [-0.05, 0) is 48.8 Å². The second-order valence-corrected chi connectivity index (χ2v) is 6.52. The van der Waals surface area contributed by atoms with Crippen molar-refractivity contribution >= 4 is 5.91 Å². The van der Waals surface area contributed by atoms with Crippen LogP contribution in [0.1, 0.15) is 36.1 Å². The lowest BCUT2D eigenvalue weighted by molar-refractivity contribution is -0.133. The van der Waals surface area contributed by atoms with Gasteiger partial charge in [-0.15, -0.1) is 0 Å². The first-order valence-corrected chi connectivity index (χ1v) is 8.85. The molecule has 2 aromatic carbocycles. The van der Waals surface area contributed by atoms with E-state index in [1.54, 1.807) is 0 Å². The van der Waals surface area contributed by atoms with E-state index in [0.29, 0.717) is 12.5 Å². The number of nitrogens with two attached hydrogens (primary N) is 1. The summed E-state index contributed by atoms with van der Waals surface area (Å²) in [5, 5.41) is 0. The van der Waals surface area contributed by atoms with Gasteiger partial charge in [-0.2, -0.15) is 0 Å². The molecule has 0 saturated carbocycles. The first-order chi connectivity index (χ1) is 11.7. The predicted molar refractivity (Wildman–Crippen MR) is 97.6 cm³/mol. The van der Waals surface area contributed by atoms with E-state index in [4.69, 9.17) is 5.73 Å². The van der Waals surface area contributed by atoms with Crippen LogP contribution in [0.25, 0.3) is 0 Å². The predicted octanol–water partition coefficient (Wildman–Crippen LogP) is 3.34. The summed E-state index contributed by atoms with van der Waals surface area (Å²) >= 11 is 0. The lowest BCUT2D eigenvalue weighted by Crippen LogP contribution is -2.43. The fourth-order valence-corrected chi connectivity index (χ4v) is 4.00. The molecule has 0 saturated heterocycles. The van der Waals surface area contributed by atoms with Crippen LogP contribution in [-0.4, -0.2) is 23.9 Å². The summed E-state index contributed by atoms with van der Waals surface area (Å²) in [5.41, 5.74) is 9.69. The molecule has 3 nitrogen and oxygen atoms in total. The Labute approximate surface area is 144 Å². The average molecular weight is 322 g/mol. The minimum absolute atomic E-state index is 0.0391. The number of carbonyl (C=O) groups excluding carboxylic acids is 1. The van der Waals surface area contributed by atoms with Gasteiger partial charge < -0.3 is 10.6 Å². The van der Waals surface area contributed by atoms with Gasteiger partial charge in [-0.3, -0.25) is 4.79 Å². The Bertz CT molecular complexity index is 683. The maximum absolute atomic E-state index is 12.5. The number of hydrogen-bond acceptors (Lipinski definition) is 2. The standard InChI is InChI=1S/C21H26N2O/c1-2-23(20(24)15-22)21-18(14-16-8-4-3-5-9-16)13-12-17-10-6-7-11-19(17)21/h3-11,18,21H,2,12-15,22H2,1H3. The Morgan fingerprint density at radius 1 is 1.12 bits per heavy atom. The highest BCUT2D eigenvalue weighted by Crippen LogP contribution is 2.40. The van der Waals surface area contributed by atoms with Crippen LogP contribution in [0.2, 0.25) is 0 Å². The van der Waals surface area contributed by atoms with Gasteiger partial charge in [0.25, 0.3) is 0 Å². The van der Waals surface area contributed by atoms with E-state index in [2.05, 4.69) is 48.5 Å². The molecule has 0 fully saturated rings. The van der Waals surface area contributed by atoms with Crippen LogP contribution in [0, 0.1) is 5.92 Å². The van der Waals surface area contributed by atoms with Crippen molar-refractivity contribution in [2.75, 3.05) is 13.1 Å². The Kier molecular flexibility index (Phi) is 5.31. The van der Waals surface area contributed by atoms with Crippen molar-refractivity contribution in [3.63, 3.8) is 0 Å². The summed E-state index contributed by atoms with van der Waals surface area (Å²) in [4.78, 5) is 14.4. The number of aryl methyl sites for hydroxylation is 1. The van der Waals surface area contributed by atoms with Crippen LogP contribution in [0.4, 0.5) is 0 Å². The molecular weight excluding hydrogens is 296 g/mol. The van der Waals surface area contributed by atoms with Gasteiger partial charge >= 0.3 is 0 Å². The fourth-order valence-electron chi connectivity index (χ4n) is 4.00. The van der Waals surface area contributed by atoms with E-state index in [-0.39, 0.29) is 18.5 Å². The Morgan fingerprint density at radius 3 is 2.54 bits per heavy atom. The molecule has 24 heavy (non-hydrogen) atoms. The van der Waals surface area contributed by atoms with E-state index < -0.39 is 0 Å². The molecule has 2 atom stereocenters. The Morgan fingerprint density at radius 2 is 1.83 bits per heavy atom. The zero-order valence-corrected chi connectivity index (χ0v) is 14.3. The van der Waals surface area contributed by atoms with E-state index in [9.17, 15) is 4.79 Å². The van der Waals surface area contributed by atoms with E-state index in [1.165, 1.54) is 16.7 Å². The highest BCUT2D eigenvalue weighted by atomic mass is 16.2. The first kappa shape index (κ1) is 16.7. The highest BCUT2D eigenvalue weighted by Gasteiger charge is 2.35. The monoisotopic (exact) mass is 322 g/mol. The van der Waals surface area contributed by atoms with Crippen molar-refractivity contribution in [2.45, 2.75) is 32.2 Å². The first-order valence-electron chi connectivity index (χ1n) is 8.85. The number of fused-ring (bicyclic) bond motifs is 1. The zero-order valence-electron chi connectivity index (χ0n) is 14.3. The van der Waals surface area contributed by atoms with Crippen molar-refractivity contribution in [1.29, 1.82) is 0 Å². The molecule has 2 unspecified atom stereocenters. The van der Waals surface area contributed by atoms with Crippen LogP contribution < -0.4 is 5.73 Å². The number of carbonyl (C=O) groups is 1. The van der Waals surface area contributed by atoms with Gasteiger partial charge in [-0.1, -0.05) is 54.6 Å². The second-order valence-electron chi connectivity index (χ2n) is 6.52. The topological polar surface area (TPSA) is 46.3 Å². The van der Waals surface area contributed by atoms with Crippen LogP contribution >= 0.6 is 0 Å². The third-order valence-corrected chi connectivity index (χ3v) is 5.12. The Hall–Kier alpha value is -2.13. The van der Waals surface area contributed by atoms with E-state index >= 15 is 0 Å². The summed E-state index contributed by atoms with van der Waals surface area (Å²) < 4.78 is 0. The second kappa shape index (κ2) is 7.63. The largest absolute Gasteiger partial charge is 0.335 e. The van der Waals surface area contributed by atoms with Crippen molar-refractivity contribution in [3.05, 3.63) is 71.3 Å². The molecule has 126 valence electrons. The zero-order chi connectivity index (χ0) is 16.9. The molecule has 0 bridgehead atoms. The van der Waals surface area contributed by atoms with Crippen LogP contribution in [-0.2, 0) is 17.6 Å². The lowest BCUT2D eigenvalue weighted by Gasteiger charge is -2.41. The maximum Gasteiger partial charge on any atom is 0.236 e. The molecule has 0 aromatic heterocycles. The molecule has 1 aliphatic carbocycles. The van der Waals surface area contributed by atoms with Crippen molar-refractivity contribution < 1.29 is 4.79 Å². The van der Waals surface area contributed by atoms with E-state index in [1.807, 2.05) is 17.9 Å². The lowest BCUT2D eigenvalue weighted by atomic mass is 9.76. The quantitative estimate of drug-likeness (QED) is 0.917. The van der Waals surface area contributed by atoms with Gasteiger partial charge in [-0.25, -0.2) is 0 Å². The van der Waals surface area contributed by atoms with Crippen LogP contribution in [0.5, 0.6) is 0 Å². The number of rotatable bonds is 5. The van der Waals surface area contributed by atoms with Crippen molar-refractivity contribution in [3.8, 4) is 0 Å². The SMILES string of the molecule is CCN(C(=O)CN)C1c2ccccc2CCC1Cc1ccccc1. The van der Waals surface area contributed by atoms with Gasteiger partial charge in [0, 0.05) is 6.54 Å². The molecule has 2 N–H and O–H groups in total. The molecule has 0 spiro atoms. The molecule has 1 amide bonds. The molecule has 0 heterocycles. The van der Waals surface area contributed by atoms with Gasteiger partial charge in [0.2, 0.25) is 5.91 Å². The minimum Gasteiger partial charge on any atom is -0.335 e. The fraction of sp³-hybridized carbons (Fsp3) is 0.381. The third kappa shape index (κ3) is 3.36. The molecular formula is C21H26N2O. The van der Waals surface area contributed by atoms with Gasteiger partial charge in [0.1, 0.15) is 0 Å². The molecule has 2 aromatic rings.